The lowest BCUT2D eigenvalue weighted by Crippen LogP contribution is -2.33. The van der Waals surface area contributed by atoms with Crippen molar-refractivity contribution in [1.29, 1.82) is 5.26 Å². The molecule has 2 atom stereocenters. The first kappa shape index (κ1) is 13.8. The van der Waals surface area contributed by atoms with E-state index < -0.39 is 5.82 Å². The Morgan fingerprint density at radius 3 is 2.89 bits per heavy atom. The SMILES string of the molecule is COC[C@@H]1C[C@@H](OC)CN1c1cccc(F)c1C#N. The predicted octanol–water partition coefficient (Wildman–Crippen LogP) is 1.94. The second kappa shape index (κ2) is 6.00. The monoisotopic (exact) mass is 264 g/mol. The van der Waals surface area contributed by atoms with E-state index in [1.54, 1.807) is 26.4 Å². The molecule has 0 aromatic heterocycles. The largest absolute Gasteiger partial charge is 0.383 e. The van der Waals surface area contributed by atoms with Gasteiger partial charge in [0.05, 0.1) is 24.4 Å². The summed E-state index contributed by atoms with van der Waals surface area (Å²) in [5.41, 5.74) is 0.699. The van der Waals surface area contributed by atoms with Gasteiger partial charge in [0.15, 0.2) is 0 Å². The Kier molecular flexibility index (Phi) is 4.35. The summed E-state index contributed by atoms with van der Waals surface area (Å²) < 4.78 is 24.3. The standard InChI is InChI=1S/C14H17FN2O2/c1-18-9-10-6-11(19-2)8-17(10)14-5-3-4-13(15)12(14)7-16/h3-5,10-11H,6,8-9H2,1-2H3/t10-,11+/m0/s1. The molecule has 0 amide bonds. The summed E-state index contributed by atoms with van der Waals surface area (Å²) in [4.78, 5) is 2.00. The smallest absolute Gasteiger partial charge is 0.143 e. The van der Waals surface area contributed by atoms with Gasteiger partial charge in [0.2, 0.25) is 0 Å². The molecule has 1 aromatic rings. The molecule has 0 bridgehead atoms. The molecule has 1 aromatic carbocycles. The molecule has 0 N–H and O–H groups in total. The molecule has 1 aliphatic heterocycles. The molecule has 102 valence electrons. The van der Waals surface area contributed by atoms with Crippen LogP contribution < -0.4 is 4.90 Å². The highest BCUT2D eigenvalue weighted by Crippen LogP contribution is 2.30. The van der Waals surface area contributed by atoms with Crippen molar-refractivity contribution in [3.05, 3.63) is 29.6 Å². The summed E-state index contributed by atoms with van der Waals surface area (Å²) in [6, 6.07) is 6.73. The highest BCUT2D eigenvalue weighted by atomic mass is 19.1. The normalized spacial score (nSPS) is 22.5. The molecule has 0 spiro atoms. The second-order valence-corrected chi connectivity index (χ2v) is 4.60. The van der Waals surface area contributed by atoms with E-state index in [0.29, 0.717) is 18.8 Å². The van der Waals surface area contributed by atoms with Gasteiger partial charge in [0.25, 0.3) is 0 Å². The molecule has 5 heteroatoms. The van der Waals surface area contributed by atoms with Crippen molar-refractivity contribution >= 4 is 5.69 Å². The van der Waals surface area contributed by atoms with Gasteiger partial charge in [-0.2, -0.15) is 5.26 Å². The zero-order valence-corrected chi connectivity index (χ0v) is 11.1. The zero-order valence-electron chi connectivity index (χ0n) is 11.1. The lowest BCUT2D eigenvalue weighted by Gasteiger charge is -2.26. The van der Waals surface area contributed by atoms with E-state index in [-0.39, 0.29) is 17.7 Å². The first-order valence-electron chi connectivity index (χ1n) is 6.18. The summed E-state index contributed by atoms with van der Waals surface area (Å²) in [6.45, 7) is 1.17. The van der Waals surface area contributed by atoms with E-state index in [4.69, 9.17) is 14.7 Å². The van der Waals surface area contributed by atoms with Crippen LogP contribution in [0, 0.1) is 17.1 Å². The summed E-state index contributed by atoms with van der Waals surface area (Å²) in [5.74, 6) is -0.489. The maximum absolute atomic E-state index is 13.7. The predicted molar refractivity (Wildman–Crippen MR) is 69.5 cm³/mol. The van der Waals surface area contributed by atoms with Crippen molar-refractivity contribution in [2.75, 3.05) is 32.3 Å². The minimum Gasteiger partial charge on any atom is -0.383 e. The maximum atomic E-state index is 13.7. The summed E-state index contributed by atoms with van der Waals surface area (Å²) in [7, 11) is 3.30. The Morgan fingerprint density at radius 1 is 1.47 bits per heavy atom. The molecule has 1 aliphatic rings. The lowest BCUT2D eigenvalue weighted by molar-refractivity contribution is 0.111. The molecule has 0 radical (unpaired) electrons. The van der Waals surface area contributed by atoms with Crippen molar-refractivity contribution in [3.63, 3.8) is 0 Å². The maximum Gasteiger partial charge on any atom is 0.143 e. The molecule has 0 saturated carbocycles. The van der Waals surface area contributed by atoms with Crippen LogP contribution in [-0.2, 0) is 9.47 Å². The Bertz CT molecular complexity index is 487. The number of nitrogens with zero attached hydrogens (tertiary/aromatic N) is 2. The molecule has 4 nitrogen and oxygen atoms in total. The van der Waals surface area contributed by atoms with Crippen LogP contribution in [0.25, 0.3) is 0 Å². The molecule has 1 saturated heterocycles. The van der Waals surface area contributed by atoms with Crippen LogP contribution in [0.15, 0.2) is 18.2 Å². The highest BCUT2D eigenvalue weighted by Gasteiger charge is 2.33. The zero-order chi connectivity index (χ0) is 13.8. The van der Waals surface area contributed by atoms with E-state index >= 15 is 0 Å². The number of hydrogen-bond acceptors (Lipinski definition) is 4. The van der Waals surface area contributed by atoms with Gasteiger partial charge < -0.3 is 14.4 Å². The molecule has 2 rings (SSSR count). The van der Waals surface area contributed by atoms with Crippen LogP contribution in [0.5, 0.6) is 0 Å². The van der Waals surface area contributed by atoms with Gasteiger partial charge in [0, 0.05) is 20.8 Å². The van der Waals surface area contributed by atoms with E-state index in [9.17, 15) is 4.39 Å². The fourth-order valence-corrected chi connectivity index (χ4v) is 2.55. The number of benzene rings is 1. The molecule has 1 fully saturated rings. The Hall–Kier alpha value is -1.64. The van der Waals surface area contributed by atoms with Crippen LogP contribution in [0.2, 0.25) is 0 Å². The lowest BCUT2D eigenvalue weighted by atomic mass is 10.1. The number of halogens is 1. The molecule has 1 heterocycles. The van der Waals surface area contributed by atoms with E-state index in [1.807, 2.05) is 11.0 Å². The van der Waals surface area contributed by atoms with Crippen molar-refractivity contribution in [2.45, 2.75) is 18.6 Å². The van der Waals surface area contributed by atoms with Crippen molar-refractivity contribution in [2.24, 2.45) is 0 Å². The Morgan fingerprint density at radius 2 is 2.26 bits per heavy atom. The summed E-state index contributed by atoms with van der Waals surface area (Å²) in [6.07, 6.45) is 0.890. The molecule has 19 heavy (non-hydrogen) atoms. The van der Waals surface area contributed by atoms with Crippen molar-refractivity contribution in [3.8, 4) is 6.07 Å². The van der Waals surface area contributed by atoms with Crippen molar-refractivity contribution in [1.82, 2.24) is 0 Å². The van der Waals surface area contributed by atoms with Crippen LogP contribution in [0.1, 0.15) is 12.0 Å². The van der Waals surface area contributed by atoms with Crippen LogP contribution in [0.3, 0.4) is 0 Å². The van der Waals surface area contributed by atoms with E-state index in [1.165, 1.54) is 6.07 Å². The first-order valence-corrected chi connectivity index (χ1v) is 6.18. The first-order chi connectivity index (χ1) is 9.21. The molecular weight excluding hydrogens is 247 g/mol. The number of ether oxygens (including phenoxy) is 2. The van der Waals surface area contributed by atoms with Gasteiger partial charge >= 0.3 is 0 Å². The average molecular weight is 264 g/mol. The van der Waals surface area contributed by atoms with Crippen LogP contribution >= 0.6 is 0 Å². The number of rotatable bonds is 4. The number of methoxy groups -OCH3 is 2. The van der Waals surface area contributed by atoms with Gasteiger partial charge in [-0.3, -0.25) is 0 Å². The van der Waals surface area contributed by atoms with Crippen LogP contribution in [0.4, 0.5) is 10.1 Å². The third kappa shape index (κ3) is 2.70. The number of nitriles is 1. The highest BCUT2D eigenvalue weighted by molar-refractivity contribution is 5.61. The fraction of sp³-hybridized carbons (Fsp3) is 0.500. The van der Waals surface area contributed by atoms with Gasteiger partial charge in [-0.1, -0.05) is 6.07 Å². The molecular formula is C14H17FN2O2. The molecule has 0 unspecified atom stereocenters. The minimum absolute atomic E-state index is 0.0787. The summed E-state index contributed by atoms with van der Waals surface area (Å²) in [5, 5.41) is 9.12. The van der Waals surface area contributed by atoms with E-state index in [0.717, 1.165) is 6.42 Å². The van der Waals surface area contributed by atoms with Gasteiger partial charge in [-0.05, 0) is 18.6 Å². The average Bonchev–Trinajstić information content (AvgIpc) is 2.82. The van der Waals surface area contributed by atoms with Gasteiger partial charge in [0.1, 0.15) is 17.4 Å². The Balaban J connectivity index is 2.34. The molecule has 0 aliphatic carbocycles. The number of anilines is 1. The summed E-state index contributed by atoms with van der Waals surface area (Å²) >= 11 is 0. The van der Waals surface area contributed by atoms with E-state index in [2.05, 4.69) is 0 Å². The fourth-order valence-electron chi connectivity index (χ4n) is 2.55. The second-order valence-electron chi connectivity index (χ2n) is 4.60. The third-order valence-electron chi connectivity index (χ3n) is 3.48. The number of hydrogen-bond donors (Lipinski definition) is 0. The minimum atomic E-state index is -0.489. The topological polar surface area (TPSA) is 45.5 Å². The van der Waals surface area contributed by atoms with Crippen molar-refractivity contribution < 1.29 is 13.9 Å². The Labute approximate surface area is 112 Å². The quantitative estimate of drug-likeness (QED) is 0.833. The third-order valence-corrected chi connectivity index (χ3v) is 3.48. The van der Waals surface area contributed by atoms with Gasteiger partial charge in [-0.25, -0.2) is 4.39 Å². The van der Waals surface area contributed by atoms with Gasteiger partial charge in [-0.15, -0.1) is 0 Å². The van der Waals surface area contributed by atoms with Crippen LogP contribution in [-0.4, -0.2) is 39.5 Å².